The molecule has 3 aromatic carbocycles. The summed E-state index contributed by atoms with van der Waals surface area (Å²) in [5, 5.41) is 3.92. The highest BCUT2D eigenvalue weighted by Gasteiger charge is 2.31. The molecule has 144 valence electrons. The van der Waals surface area contributed by atoms with Crippen LogP contribution in [-0.2, 0) is 6.18 Å². The lowest BCUT2D eigenvalue weighted by Crippen LogP contribution is -2.04. The van der Waals surface area contributed by atoms with Crippen LogP contribution in [0.2, 0.25) is 0 Å². The van der Waals surface area contributed by atoms with E-state index in [1.165, 1.54) is 12.1 Å². The summed E-state index contributed by atoms with van der Waals surface area (Å²) in [6, 6.07) is 17.9. The summed E-state index contributed by atoms with van der Waals surface area (Å²) >= 11 is 0. The molecule has 1 aliphatic rings. The van der Waals surface area contributed by atoms with Gasteiger partial charge < -0.3 is 0 Å². The molecule has 0 unspecified atom stereocenters. The summed E-state index contributed by atoms with van der Waals surface area (Å²) < 4.78 is 38.5. The Hall–Kier alpha value is -4.05. The van der Waals surface area contributed by atoms with Crippen molar-refractivity contribution in [2.75, 3.05) is 0 Å². The molecule has 0 N–H and O–H groups in total. The smallest absolute Gasteiger partial charge is 0.244 e. The Morgan fingerprint density at radius 1 is 0.767 bits per heavy atom. The average molecular weight is 400 g/mol. The molecule has 0 radical (unpaired) electrons. The predicted octanol–water partition coefficient (Wildman–Crippen LogP) is 5.97. The molecule has 7 heteroatoms. The topological polar surface area (TPSA) is 42.5 Å². The fraction of sp³-hybridized carbons (Fsp3) is 0.0435. The molecule has 0 amide bonds. The van der Waals surface area contributed by atoms with Gasteiger partial charge in [-0.15, -0.1) is 4.95 Å². The normalized spacial score (nSPS) is 13.9. The number of hydrogen-bond acceptors (Lipinski definition) is 3. The van der Waals surface area contributed by atoms with Crippen LogP contribution in [0.1, 0.15) is 16.8 Å². The van der Waals surface area contributed by atoms with E-state index in [0.717, 1.165) is 28.8 Å². The van der Waals surface area contributed by atoms with Gasteiger partial charge in [0.15, 0.2) is 5.71 Å². The summed E-state index contributed by atoms with van der Waals surface area (Å²) in [6.45, 7) is 7.11. The molecule has 0 saturated heterocycles. The van der Waals surface area contributed by atoms with Crippen LogP contribution < -0.4 is 0 Å². The maximum atomic E-state index is 12.8. The Kier molecular flexibility index (Phi) is 3.90. The molecule has 30 heavy (non-hydrogen) atoms. The van der Waals surface area contributed by atoms with Gasteiger partial charge in [0.25, 0.3) is 0 Å². The molecule has 0 bridgehead atoms. The van der Waals surface area contributed by atoms with Crippen LogP contribution in [-0.4, -0.2) is 15.7 Å². The Labute approximate surface area is 169 Å². The Bertz CT molecular complexity index is 1380. The first kappa shape index (κ1) is 18.0. The van der Waals surface area contributed by atoms with Gasteiger partial charge in [0.05, 0.1) is 27.4 Å². The summed E-state index contributed by atoms with van der Waals surface area (Å²) in [5.74, 6) is 0. The SMILES string of the molecule is [C-]#[N+]/N=C1\c2ccccc2-c2nc3cc(-c4ccc(C(F)(F)F)cc4)ccc3nc21. The zero-order valence-corrected chi connectivity index (χ0v) is 15.3. The quantitative estimate of drug-likeness (QED) is 0.257. The number of rotatable bonds is 1. The van der Waals surface area contributed by atoms with Crippen molar-refractivity contribution in [1.29, 1.82) is 0 Å². The number of aromatic nitrogens is 2. The lowest BCUT2D eigenvalue weighted by molar-refractivity contribution is -0.137. The average Bonchev–Trinajstić information content (AvgIpc) is 3.05. The second kappa shape index (κ2) is 6.49. The first-order valence-corrected chi connectivity index (χ1v) is 9.00. The highest BCUT2D eigenvalue weighted by molar-refractivity contribution is 6.23. The minimum absolute atomic E-state index is 0.497. The fourth-order valence-corrected chi connectivity index (χ4v) is 3.61. The van der Waals surface area contributed by atoms with Crippen molar-refractivity contribution in [1.82, 2.24) is 9.97 Å². The van der Waals surface area contributed by atoms with Crippen LogP contribution in [0.3, 0.4) is 0 Å². The van der Waals surface area contributed by atoms with Gasteiger partial charge in [-0.2, -0.15) is 19.7 Å². The maximum absolute atomic E-state index is 12.8. The van der Waals surface area contributed by atoms with Crippen molar-refractivity contribution in [2.24, 2.45) is 5.10 Å². The summed E-state index contributed by atoms with van der Waals surface area (Å²) in [7, 11) is 0. The van der Waals surface area contributed by atoms with E-state index in [-0.39, 0.29) is 0 Å². The van der Waals surface area contributed by atoms with Crippen molar-refractivity contribution in [2.45, 2.75) is 6.18 Å². The molecule has 4 nitrogen and oxygen atoms in total. The third-order valence-corrected chi connectivity index (χ3v) is 5.02. The molecule has 5 rings (SSSR count). The second-order valence-electron chi connectivity index (χ2n) is 6.79. The fourth-order valence-electron chi connectivity index (χ4n) is 3.61. The first-order chi connectivity index (χ1) is 14.5. The Balaban J connectivity index is 1.64. The number of fused-ring (bicyclic) bond motifs is 4. The number of nitrogens with zero attached hydrogens (tertiary/aromatic N) is 4. The van der Waals surface area contributed by atoms with Crippen molar-refractivity contribution >= 4 is 16.7 Å². The summed E-state index contributed by atoms with van der Waals surface area (Å²) in [4.78, 5) is 12.6. The lowest BCUT2D eigenvalue weighted by atomic mass is 10.0. The molecule has 1 heterocycles. The van der Waals surface area contributed by atoms with Gasteiger partial charge in [-0.05, 0) is 35.4 Å². The van der Waals surface area contributed by atoms with Gasteiger partial charge >= 0.3 is 6.18 Å². The maximum Gasteiger partial charge on any atom is 0.416 e. The summed E-state index contributed by atoms with van der Waals surface area (Å²) in [6.07, 6.45) is -4.37. The van der Waals surface area contributed by atoms with E-state index in [4.69, 9.17) is 11.6 Å². The molecule has 1 aromatic heterocycles. The van der Waals surface area contributed by atoms with E-state index < -0.39 is 11.7 Å². The Morgan fingerprint density at radius 2 is 1.43 bits per heavy atom. The molecular weight excluding hydrogens is 389 g/mol. The largest absolute Gasteiger partial charge is 0.416 e. The third-order valence-electron chi connectivity index (χ3n) is 5.02. The van der Waals surface area contributed by atoms with Crippen LogP contribution in [0.15, 0.2) is 71.8 Å². The van der Waals surface area contributed by atoms with E-state index >= 15 is 0 Å². The number of halogens is 3. The van der Waals surface area contributed by atoms with Gasteiger partial charge in [-0.3, -0.25) is 0 Å². The van der Waals surface area contributed by atoms with Crippen molar-refractivity contribution in [3.63, 3.8) is 0 Å². The third kappa shape index (κ3) is 2.81. The summed E-state index contributed by atoms with van der Waals surface area (Å²) in [5.41, 5.74) is 5.30. The zero-order chi connectivity index (χ0) is 20.9. The van der Waals surface area contributed by atoms with E-state index in [1.807, 2.05) is 24.3 Å². The van der Waals surface area contributed by atoms with E-state index in [0.29, 0.717) is 33.7 Å². The molecule has 0 atom stereocenters. The highest BCUT2D eigenvalue weighted by Crippen LogP contribution is 2.36. The second-order valence-corrected chi connectivity index (χ2v) is 6.79. The number of alkyl halides is 3. The van der Waals surface area contributed by atoms with Crippen LogP contribution in [0.4, 0.5) is 13.2 Å². The van der Waals surface area contributed by atoms with Crippen LogP contribution in [0.25, 0.3) is 38.4 Å². The van der Waals surface area contributed by atoms with E-state index in [9.17, 15) is 13.2 Å². The van der Waals surface area contributed by atoms with Gasteiger partial charge in [0.2, 0.25) is 0 Å². The van der Waals surface area contributed by atoms with Crippen LogP contribution >= 0.6 is 0 Å². The molecular formula is C23H11F3N4. The molecule has 1 aliphatic carbocycles. The van der Waals surface area contributed by atoms with Gasteiger partial charge in [-0.25, -0.2) is 9.97 Å². The lowest BCUT2D eigenvalue weighted by Gasteiger charge is -2.09. The highest BCUT2D eigenvalue weighted by atomic mass is 19.4. The van der Waals surface area contributed by atoms with Crippen LogP contribution in [0, 0.1) is 6.57 Å². The van der Waals surface area contributed by atoms with Crippen molar-refractivity contribution in [3.8, 4) is 22.4 Å². The van der Waals surface area contributed by atoms with Crippen molar-refractivity contribution in [3.05, 3.63) is 95.1 Å². The van der Waals surface area contributed by atoms with E-state index in [1.54, 1.807) is 18.2 Å². The molecule has 0 saturated carbocycles. The Morgan fingerprint density at radius 3 is 2.13 bits per heavy atom. The minimum Gasteiger partial charge on any atom is -0.244 e. The number of hydrogen-bond donors (Lipinski definition) is 0. The number of benzene rings is 3. The minimum atomic E-state index is -4.37. The molecule has 0 spiro atoms. The molecule has 4 aromatic rings. The van der Waals surface area contributed by atoms with Gasteiger partial charge in [-0.1, -0.05) is 42.5 Å². The van der Waals surface area contributed by atoms with Crippen molar-refractivity contribution < 1.29 is 13.2 Å². The van der Waals surface area contributed by atoms with Crippen LogP contribution in [0.5, 0.6) is 0 Å². The molecule has 0 aliphatic heterocycles. The first-order valence-electron chi connectivity index (χ1n) is 9.00. The zero-order valence-electron chi connectivity index (χ0n) is 15.3. The molecule has 0 fully saturated rings. The standard InChI is InChI=1S/C23H11F3N4/c1-27-30-21-17-5-3-2-4-16(17)20-22(21)28-18-11-8-14(12-19(18)29-20)13-6-9-15(10-7-13)23(24,25)26/h2-12H/b30-21+. The van der Waals surface area contributed by atoms with E-state index in [2.05, 4.69) is 15.0 Å². The van der Waals surface area contributed by atoms with Gasteiger partial charge in [0, 0.05) is 11.1 Å². The monoisotopic (exact) mass is 400 g/mol. The van der Waals surface area contributed by atoms with Gasteiger partial charge in [0.1, 0.15) is 5.69 Å². The predicted molar refractivity (Wildman–Crippen MR) is 108 cm³/mol.